The van der Waals surface area contributed by atoms with Crippen LogP contribution in [0.4, 0.5) is 0 Å². The number of amides is 1. The number of benzene rings is 1. The third-order valence-electron chi connectivity index (χ3n) is 4.99. The minimum absolute atomic E-state index is 0.0380. The standard InChI is InChI=1S/C18H19N3O3S/c22-17(19-18(9-5-10-18)14-6-2-1-3-7-14)15-8-4-11-21-12-13-25(23,24)20-16(15)21/h1-4,6-8,11H,5,9-10,12-13H2,(H,19,22). The first-order valence-corrected chi connectivity index (χ1v) is 9.96. The minimum Gasteiger partial charge on any atom is -0.342 e. The number of rotatable bonds is 3. The second-order valence-electron chi connectivity index (χ2n) is 6.57. The molecule has 0 spiro atoms. The van der Waals surface area contributed by atoms with E-state index in [2.05, 4.69) is 9.71 Å². The number of fused-ring (bicyclic) bond motifs is 1. The molecule has 1 N–H and O–H groups in total. The first kappa shape index (κ1) is 16.1. The average Bonchev–Trinajstić information content (AvgIpc) is 2.57. The van der Waals surface area contributed by atoms with Gasteiger partial charge < -0.3 is 10.2 Å². The molecule has 1 aromatic carbocycles. The Balaban J connectivity index is 1.64. The van der Waals surface area contributed by atoms with Crippen LogP contribution >= 0.6 is 0 Å². The maximum absolute atomic E-state index is 12.9. The van der Waals surface area contributed by atoms with Crippen molar-refractivity contribution in [3.63, 3.8) is 0 Å². The number of allylic oxidation sites excluding steroid dienone is 2. The van der Waals surface area contributed by atoms with E-state index in [9.17, 15) is 13.2 Å². The summed E-state index contributed by atoms with van der Waals surface area (Å²) in [6.45, 7) is 0.312. The summed E-state index contributed by atoms with van der Waals surface area (Å²) >= 11 is 0. The Hall–Kier alpha value is -2.41. The molecule has 1 aromatic rings. The number of hydrogen-bond donors (Lipinski definition) is 1. The quantitative estimate of drug-likeness (QED) is 0.893. The van der Waals surface area contributed by atoms with Gasteiger partial charge in [0.1, 0.15) is 0 Å². The first-order valence-electron chi connectivity index (χ1n) is 8.35. The van der Waals surface area contributed by atoms with Crippen LogP contribution in [0.25, 0.3) is 0 Å². The van der Waals surface area contributed by atoms with Crippen LogP contribution < -0.4 is 5.32 Å². The van der Waals surface area contributed by atoms with Crippen LogP contribution in [-0.4, -0.2) is 37.4 Å². The van der Waals surface area contributed by atoms with Crippen molar-refractivity contribution in [1.82, 2.24) is 10.2 Å². The van der Waals surface area contributed by atoms with E-state index in [0.717, 1.165) is 24.8 Å². The zero-order valence-electron chi connectivity index (χ0n) is 13.7. The van der Waals surface area contributed by atoms with Crippen molar-refractivity contribution >= 4 is 21.8 Å². The van der Waals surface area contributed by atoms with E-state index in [-0.39, 0.29) is 23.0 Å². The number of hydrogen-bond acceptors (Lipinski definition) is 4. The van der Waals surface area contributed by atoms with Gasteiger partial charge >= 0.3 is 0 Å². The lowest BCUT2D eigenvalue weighted by atomic mass is 9.71. The van der Waals surface area contributed by atoms with Crippen LogP contribution in [0.3, 0.4) is 0 Å². The topological polar surface area (TPSA) is 78.8 Å². The normalized spacial score (nSPS) is 23.0. The lowest BCUT2D eigenvalue weighted by Gasteiger charge is -2.43. The third kappa shape index (κ3) is 2.89. The summed E-state index contributed by atoms with van der Waals surface area (Å²) in [4.78, 5) is 14.6. The van der Waals surface area contributed by atoms with Crippen molar-refractivity contribution in [2.24, 2.45) is 4.40 Å². The van der Waals surface area contributed by atoms with Crippen molar-refractivity contribution in [2.75, 3.05) is 12.3 Å². The smallest absolute Gasteiger partial charge is 0.256 e. The van der Waals surface area contributed by atoms with Gasteiger partial charge in [-0.15, -0.1) is 4.40 Å². The van der Waals surface area contributed by atoms with E-state index in [1.165, 1.54) is 0 Å². The van der Waals surface area contributed by atoms with Gasteiger partial charge in [-0.25, -0.2) is 8.42 Å². The Bertz CT molecular complexity index is 897. The highest BCUT2D eigenvalue weighted by Crippen LogP contribution is 2.41. The van der Waals surface area contributed by atoms with Crippen LogP contribution in [0.15, 0.2) is 58.7 Å². The van der Waals surface area contributed by atoms with Crippen LogP contribution in [0, 0.1) is 0 Å². The number of nitrogens with zero attached hydrogens (tertiary/aromatic N) is 2. The molecule has 0 bridgehead atoms. The number of carbonyl (C=O) groups excluding carboxylic acids is 1. The highest BCUT2D eigenvalue weighted by Gasteiger charge is 2.41. The van der Waals surface area contributed by atoms with Crippen molar-refractivity contribution in [3.05, 3.63) is 59.8 Å². The molecular formula is C18H19N3O3S. The third-order valence-corrected chi connectivity index (χ3v) is 6.14. The molecule has 1 saturated carbocycles. The monoisotopic (exact) mass is 357 g/mol. The summed E-state index contributed by atoms with van der Waals surface area (Å²) in [5.74, 6) is -0.105. The van der Waals surface area contributed by atoms with E-state index in [4.69, 9.17) is 0 Å². The van der Waals surface area contributed by atoms with Gasteiger partial charge in [0.25, 0.3) is 15.9 Å². The molecule has 0 aromatic heterocycles. The summed E-state index contributed by atoms with van der Waals surface area (Å²) in [7, 11) is -3.52. The minimum atomic E-state index is -3.52. The van der Waals surface area contributed by atoms with Crippen LogP contribution in [0.1, 0.15) is 24.8 Å². The predicted molar refractivity (Wildman–Crippen MR) is 95.3 cm³/mol. The maximum atomic E-state index is 12.9. The molecule has 1 aliphatic carbocycles. The van der Waals surface area contributed by atoms with Gasteiger partial charge in [0.15, 0.2) is 5.84 Å². The van der Waals surface area contributed by atoms with Crippen LogP contribution in [-0.2, 0) is 20.4 Å². The van der Waals surface area contributed by atoms with Gasteiger partial charge in [0, 0.05) is 12.7 Å². The molecule has 2 aliphatic heterocycles. The summed E-state index contributed by atoms with van der Waals surface area (Å²) in [6, 6.07) is 9.91. The number of nitrogens with one attached hydrogen (secondary N) is 1. The molecule has 3 aliphatic rings. The molecule has 0 atom stereocenters. The summed E-state index contributed by atoms with van der Waals surface area (Å²) < 4.78 is 27.5. The van der Waals surface area contributed by atoms with Gasteiger partial charge in [-0.3, -0.25) is 4.79 Å². The zero-order chi connectivity index (χ0) is 17.5. The largest absolute Gasteiger partial charge is 0.342 e. The zero-order valence-corrected chi connectivity index (χ0v) is 14.5. The highest BCUT2D eigenvalue weighted by atomic mass is 32.2. The second-order valence-corrected chi connectivity index (χ2v) is 8.33. The average molecular weight is 357 g/mol. The fraction of sp³-hybridized carbons (Fsp3) is 0.333. The molecule has 0 radical (unpaired) electrons. The van der Waals surface area contributed by atoms with Gasteiger partial charge in [-0.1, -0.05) is 30.3 Å². The molecule has 130 valence electrons. The van der Waals surface area contributed by atoms with Gasteiger partial charge in [-0.05, 0) is 37.0 Å². The Morgan fingerprint density at radius 2 is 1.96 bits per heavy atom. The van der Waals surface area contributed by atoms with Gasteiger partial charge in [-0.2, -0.15) is 0 Å². The fourth-order valence-corrected chi connectivity index (χ4v) is 4.44. The van der Waals surface area contributed by atoms with Crippen LogP contribution in [0.5, 0.6) is 0 Å². The lowest BCUT2D eigenvalue weighted by Crippen LogP contribution is -2.53. The Morgan fingerprint density at radius 3 is 2.64 bits per heavy atom. The Labute approximate surface area is 147 Å². The number of sulfonamides is 1. The van der Waals surface area contributed by atoms with E-state index >= 15 is 0 Å². The summed E-state index contributed by atoms with van der Waals surface area (Å²) in [6.07, 6.45) is 7.93. The van der Waals surface area contributed by atoms with E-state index < -0.39 is 10.0 Å². The molecule has 7 heteroatoms. The van der Waals surface area contributed by atoms with E-state index in [0.29, 0.717) is 12.1 Å². The molecule has 0 saturated heterocycles. The SMILES string of the molecule is O=C(NC1(c2ccccc2)CCC1)C1=CC=CN2CCS(=O)(=O)N=C12. The molecule has 0 unspecified atom stereocenters. The Morgan fingerprint density at radius 1 is 1.20 bits per heavy atom. The molecule has 1 amide bonds. The van der Waals surface area contributed by atoms with Crippen molar-refractivity contribution in [3.8, 4) is 0 Å². The predicted octanol–water partition coefficient (Wildman–Crippen LogP) is 1.68. The molecular weight excluding hydrogens is 338 g/mol. The van der Waals surface area contributed by atoms with Crippen LogP contribution in [0.2, 0.25) is 0 Å². The molecule has 6 nitrogen and oxygen atoms in total. The summed E-state index contributed by atoms with van der Waals surface area (Å²) in [5.41, 5.74) is 1.00. The fourth-order valence-electron chi connectivity index (χ4n) is 3.45. The van der Waals surface area contributed by atoms with Gasteiger partial charge in [0.2, 0.25) is 0 Å². The second kappa shape index (κ2) is 5.84. The summed E-state index contributed by atoms with van der Waals surface area (Å²) in [5, 5.41) is 3.13. The van der Waals surface area contributed by atoms with E-state index in [1.807, 2.05) is 30.3 Å². The van der Waals surface area contributed by atoms with Crippen molar-refractivity contribution in [1.29, 1.82) is 0 Å². The van der Waals surface area contributed by atoms with E-state index in [1.54, 1.807) is 23.3 Å². The molecule has 25 heavy (non-hydrogen) atoms. The first-order chi connectivity index (χ1) is 12.0. The maximum Gasteiger partial charge on any atom is 0.256 e. The lowest BCUT2D eigenvalue weighted by molar-refractivity contribution is -0.120. The molecule has 4 rings (SSSR count). The molecule has 2 heterocycles. The highest BCUT2D eigenvalue weighted by molar-refractivity contribution is 7.90. The van der Waals surface area contributed by atoms with Crippen molar-refractivity contribution < 1.29 is 13.2 Å². The number of amidine groups is 1. The number of carbonyl (C=O) groups is 1. The Kier molecular flexibility index (Phi) is 3.76. The van der Waals surface area contributed by atoms with Gasteiger partial charge in [0.05, 0.1) is 16.9 Å². The molecule has 1 fully saturated rings. The van der Waals surface area contributed by atoms with Crippen molar-refractivity contribution in [2.45, 2.75) is 24.8 Å².